The van der Waals surface area contributed by atoms with Crippen LogP contribution in [0.15, 0.2) is 53.6 Å². The monoisotopic (exact) mass is 536 g/mol. The van der Waals surface area contributed by atoms with Crippen LogP contribution in [0.5, 0.6) is 5.75 Å². The lowest BCUT2D eigenvalue weighted by Crippen LogP contribution is -2.28. The summed E-state index contributed by atoms with van der Waals surface area (Å²) < 4.78 is 33.5. The molecule has 0 radical (unpaired) electrons. The molecule has 0 amide bonds. The predicted molar refractivity (Wildman–Crippen MR) is 131 cm³/mol. The number of sulfonamides is 1. The van der Waals surface area contributed by atoms with Crippen LogP contribution in [0, 0.1) is 10.1 Å². The second kappa shape index (κ2) is 11.2. The maximum Gasteiger partial charge on any atom is 0.330 e. The van der Waals surface area contributed by atoms with Gasteiger partial charge in [0.1, 0.15) is 18.5 Å². The first kappa shape index (κ1) is 26.6. The Balaban J connectivity index is 2.11. The SMILES string of the molecule is CCOC(=O)CN(c1ccc(OC)c(Cl)c1)c1nc(Nc2cccc(S(N)(=O)=O)c2)ncc1[N+](=O)[O-]. The number of benzene rings is 2. The van der Waals surface area contributed by atoms with Crippen molar-refractivity contribution in [3.8, 4) is 5.75 Å². The van der Waals surface area contributed by atoms with Gasteiger partial charge in [-0.15, -0.1) is 0 Å². The number of rotatable bonds is 10. The van der Waals surface area contributed by atoms with E-state index in [1.807, 2.05) is 0 Å². The number of nitrogens with zero attached hydrogens (tertiary/aromatic N) is 4. The number of primary sulfonamides is 1. The van der Waals surface area contributed by atoms with Gasteiger partial charge in [-0.05, 0) is 43.3 Å². The van der Waals surface area contributed by atoms with Crippen molar-refractivity contribution in [2.75, 3.05) is 30.5 Å². The summed E-state index contributed by atoms with van der Waals surface area (Å²) in [5.74, 6) is -0.677. The average Bonchev–Trinajstić information content (AvgIpc) is 2.82. The van der Waals surface area contributed by atoms with E-state index in [-0.39, 0.29) is 39.7 Å². The lowest BCUT2D eigenvalue weighted by atomic mass is 10.2. The molecular weight excluding hydrogens is 516 g/mol. The number of nitrogens with two attached hydrogens (primary N) is 1. The Hall–Kier alpha value is -4.01. The highest BCUT2D eigenvalue weighted by molar-refractivity contribution is 7.89. The molecule has 0 aliphatic rings. The highest BCUT2D eigenvalue weighted by Gasteiger charge is 2.27. The zero-order chi connectivity index (χ0) is 26.5. The van der Waals surface area contributed by atoms with Crippen LogP contribution in [0.1, 0.15) is 6.92 Å². The van der Waals surface area contributed by atoms with Crippen molar-refractivity contribution in [2.24, 2.45) is 5.14 Å². The van der Waals surface area contributed by atoms with Crippen molar-refractivity contribution < 1.29 is 27.6 Å². The van der Waals surface area contributed by atoms with Crippen LogP contribution in [0.25, 0.3) is 0 Å². The number of nitrogens with one attached hydrogen (secondary N) is 1. The molecule has 3 aromatic rings. The molecule has 2 aromatic carbocycles. The fourth-order valence-electron chi connectivity index (χ4n) is 3.08. The molecule has 0 atom stereocenters. The molecule has 0 unspecified atom stereocenters. The smallest absolute Gasteiger partial charge is 0.330 e. The number of hydrogen-bond acceptors (Lipinski definition) is 11. The molecule has 0 aliphatic heterocycles. The third kappa shape index (κ3) is 6.35. The molecule has 0 bridgehead atoms. The summed E-state index contributed by atoms with van der Waals surface area (Å²) >= 11 is 6.25. The van der Waals surface area contributed by atoms with Gasteiger partial charge in [0.15, 0.2) is 0 Å². The van der Waals surface area contributed by atoms with Gasteiger partial charge < -0.3 is 19.7 Å². The van der Waals surface area contributed by atoms with E-state index in [2.05, 4.69) is 15.3 Å². The number of carbonyl (C=O) groups excluding carboxylic acids is 1. The summed E-state index contributed by atoms with van der Waals surface area (Å²) in [5, 5.41) is 19.9. The number of hydrogen-bond donors (Lipinski definition) is 2. The van der Waals surface area contributed by atoms with Gasteiger partial charge in [0.25, 0.3) is 0 Å². The minimum Gasteiger partial charge on any atom is -0.495 e. The number of methoxy groups -OCH3 is 1. The number of aromatic nitrogens is 2. The highest BCUT2D eigenvalue weighted by atomic mass is 35.5. The van der Waals surface area contributed by atoms with E-state index in [1.54, 1.807) is 13.0 Å². The van der Waals surface area contributed by atoms with Crippen LogP contribution >= 0.6 is 11.6 Å². The van der Waals surface area contributed by atoms with E-state index in [9.17, 15) is 23.3 Å². The summed E-state index contributed by atoms with van der Waals surface area (Å²) in [6.07, 6.45) is 0.956. The molecule has 36 heavy (non-hydrogen) atoms. The molecule has 0 spiro atoms. The number of esters is 1. The average molecular weight is 537 g/mol. The Labute approximate surface area is 211 Å². The Morgan fingerprint density at radius 1 is 1.28 bits per heavy atom. The van der Waals surface area contributed by atoms with E-state index in [0.29, 0.717) is 5.75 Å². The van der Waals surface area contributed by atoms with Crippen molar-refractivity contribution in [3.05, 3.63) is 63.8 Å². The van der Waals surface area contributed by atoms with Crippen LogP contribution in [0.3, 0.4) is 0 Å². The molecule has 0 saturated carbocycles. The number of nitro groups is 1. The molecule has 3 rings (SSSR count). The van der Waals surface area contributed by atoms with Gasteiger partial charge in [0.2, 0.25) is 21.8 Å². The summed E-state index contributed by atoms with van der Waals surface area (Å²) in [6.45, 7) is 1.28. The van der Waals surface area contributed by atoms with E-state index < -0.39 is 33.1 Å². The normalized spacial score (nSPS) is 11.0. The quantitative estimate of drug-likeness (QED) is 0.220. The second-order valence-electron chi connectivity index (χ2n) is 7.07. The Kier molecular flexibility index (Phi) is 8.24. The van der Waals surface area contributed by atoms with Crippen LogP contribution in [-0.4, -0.2) is 49.5 Å². The summed E-state index contributed by atoms with van der Waals surface area (Å²) in [5.41, 5.74) is 0.0404. The molecule has 1 aromatic heterocycles. The maximum atomic E-state index is 12.4. The first-order chi connectivity index (χ1) is 17.0. The lowest BCUT2D eigenvalue weighted by molar-refractivity contribution is -0.384. The van der Waals surface area contributed by atoms with Gasteiger partial charge in [-0.25, -0.2) is 18.5 Å². The fraction of sp³-hybridized carbons (Fsp3) is 0.190. The number of anilines is 4. The minimum atomic E-state index is -3.97. The number of carbonyl (C=O) groups is 1. The zero-order valence-electron chi connectivity index (χ0n) is 19.0. The van der Waals surface area contributed by atoms with E-state index in [1.165, 1.54) is 48.4 Å². The van der Waals surface area contributed by atoms with E-state index in [0.717, 1.165) is 6.20 Å². The topological polar surface area (TPSA) is 180 Å². The standard InChI is InChI=1S/C21H21ClN6O7S/c1-3-35-19(29)12-27(14-7-8-18(34-2)16(22)10-14)20-17(28(30)31)11-24-21(26-20)25-13-5-4-6-15(9-13)36(23,32)33/h4-11H,3,12H2,1-2H3,(H2,23,32,33)(H,24,25,26). The van der Waals surface area contributed by atoms with E-state index >= 15 is 0 Å². The van der Waals surface area contributed by atoms with Crippen LogP contribution in [-0.2, 0) is 19.6 Å². The summed E-state index contributed by atoms with van der Waals surface area (Å²) in [7, 11) is -2.55. The van der Waals surface area contributed by atoms with Crippen LogP contribution in [0.2, 0.25) is 5.02 Å². The lowest BCUT2D eigenvalue weighted by Gasteiger charge is -2.23. The van der Waals surface area contributed by atoms with Gasteiger partial charge in [-0.3, -0.25) is 14.9 Å². The molecule has 190 valence electrons. The van der Waals surface area contributed by atoms with Gasteiger partial charge in [-0.2, -0.15) is 4.98 Å². The van der Waals surface area contributed by atoms with Gasteiger partial charge in [0, 0.05) is 11.4 Å². The molecular formula is C21H21ClN6O7S. The minimum absolute atomic E-state index is 0.0924. The summed E-state index contributed by atoms with van der Waals surface area (Å²) in [6, 6.07) is 10.0. The molecule has 0 fully saturated rings. The first-order valence-corrected chi connectivity index (χ1v) is 12.1. The van der Waals surface area contributed by atoms with Crippen molar-refractivity contribution in [2.45, 2.75) is 11.8 Å². The number of ether oxygens (including phenoxy) is 2. The first-order valence-electron chi connectivity index (χ1n) is 10.2. The largest absolute Gasteiger partial charge is 0.495 e. The Morgan fingerprint density at radius 3 is 2.64 bits per heavy atom. The van der Waals surface area contributed by atoms with Gasteiger partial charge in [0.05, 0.1) is 28.6 Å². The van der Waals surface area contributed by atoms with Gasteiger partial charge >= 0.3 is 11.7 Å². The third-order valence-electron chi connectivity index (χ3n) is 4.66. The molecule has 0 aliphatic carbocycles. The Bertz CT molecular complexity index is 1400. The molecule has 0 saturated heterocycles. The van der Waals surface area contributed by atoms with Crippen molar-refractivity contribution in [1.82, 2.24) is 9.97 Å². The molecule has 15 heteroatoms. The van der Waals surface area contributed by atoms with Crippen molar-refractivity contribution in [1.29, 1.82) is 0 Å². The van der Waals surface area contributed by atoms with Crippen molar-refractivity contribution in [3.63, 3.8) is 0 Å². The Morgan fingerprint density at radius 2 is 2.03 bits per heavy atom. The van der Waals surface area contributed by atoms with E-state index in [4.69, 9.17) is 26.2 Å². The third-order valence-corrected chi connectivity index (χ3v) is 5.87. The maximum absolute atomic E-state index is 12.4. The highest BCUT2D eigenvalue weighted by Crippen LogP contribution is 2.36. The van der Waals surface area contributed by atoms with Crippen LogP contribution in [0.4, 0.5) is 28.8 Å². The number of halogens is 1. The fourth-order valence-corrected chi connectivity index (χ4v) is 3.89. The second-order valence-corrected chi connectivity index (χ2v) is 9.04. The van der Waals surface area contributed by atoms with Gasteiger partial charge in [-0.1, -0.05) is 17.7 Å². The molecule has 13 nitrogen and oxygen atoms in total. The predicted octanol–water partition coefficient (Wildman–Crippen LogP) is 3.14. The van der Waals surface area contributed by atoms with Crippen molar-refractivity contribution >= 4 is 56.4 Å². The molecule has 1 heterocycles. The zero-order valence-corrected chi connectivity index (χ0v) is 20.6. The summed E-state index contributed by atoms with van der Waals surface area (Å²) in [4.78, 5) is 32.7. The van der Waals surface area contributed by atoms with Crippen LogP contribution < -0.4 is 20.1 Å². The molecule has 3 N–H and O–H groups in total.